The number of benzene rings is 6. The van der Waals surface area contributed by atoms with E-state index in [1.54, 1.807) is 0 Å². The zero-order valence-electron chi connectivity index (χ0n) is 47.3. The van der Waals surface area contributed by atoms with Crippen LogP contribution < -0.4 is 0 Å². The molecule has 0 spiro atoms. The molecular formula is C64H84N4Si2Zr. The zero-order valence-corrected chi connectivity index (χ0v) is 51.7. The van der Waals surface area contributed by atoms with Crippen LogP contribution in [0.4, 0.5) is 11.6 Å². The summed E-state index contributed by atoms with van der Waals surface area (Å²) in [5, 5.41) is 19.8. The first-order chi connectivity index (χ1) is 31.4. The molecule has 0 saturated carbocycles. The van der Waals surface area contributed by atoms with E-state index in [0.717, 1.165) is 35.4 Å². The van der Waals surface area contributed by atoms with E-state index in [2.05, 4.69) is 232 Å². The normalized spacial score (nSPS) is 12.4. The third kappa shape index (κ3) is 14.4. The van der Waals surface area contributed by atoms with Crippen molar-refractivity contribution < 1.29 is 26.2 Å². The summed E-state index contributed by atoms with van der Waals surface area (Å²) in [6, 6.07) is 45.0. The van der Waals surface area contributed by atoms with E-state index >= 15 is 0 Å². The van der Waals surface area contributed by atoms with Crippen LogP contribution in [0, 0.1) is 14.9 Å². The molecule has 0 radical (unpaired) electrons. The fourth-order valence-corrected chi connectivity index (χ4v) is 9.87. The average Bonchev–Trinajstić information content (AvgIpc) is 3.24. The Morgan fingerprint density at radius 3 is 0.986 bits per heavy atom. The predicted octanol–water partition coefficient (Wildman–Crippen LogP) is 20.0. The van der Waals surface area contributed by atoms with Gasteiger partial charge in [0.25, 0.3) is 0 Å². The standard InChI is InChI=1S/2C31H39N2Si.2CH3.Zr/c2*1-30(2,3)23-15-16-25-22(18-23)17-21-13-14-24(31(4,5)6)19-26(21)29(25)27-11-10-12-28(33-27)32-20-34(7,8)9;;;/h2*10-19H,20H2,1-9H3;2*1H3;/q4*-1;+4. The van der Waals surface area contributed by atoms with Crippen molar-refractivity contribution in [2.24, 2.45) is 0 Å². The van der Waals surface area contributed by atoms with Crippen molar-refractivity contribution in [2.75, 3.05) is 12.3 Å². The summed E-state index contributed by atoms with van der Waals surface area (Å²) in [5.41, 5.74) is 10.2. The van der Waals surface area contributed by atoms with Gasteiger partial charge >= 0.3 is 26.2 Å². The molecule has 2 aromatic heterocycles. The van der Waals surface area contributed by atoms with Gasteiger partial charge in [-0.1, -0.05) is 243 Å². The fraction of sp³-hybridized carbons (Fsp3) is 0.375. The summed E-state index contributed by atoms with van der Waals surface area (Å²) in [7, 11) is -2.57. The fourth-order valence-electron chi connectivity index (χ4n) is 8.60. The second-order valence-corrected chi connectivity index (χ2v) is 36.6. The Bertz CT molecular complexity index is 2920. The number of hydrogen-bond donors (Lipinski definition) is 0. The van der Waals surface area contributed by atoms with Crippen LogP contribution in [0.15, 0.2) is 121 Å². The molecule has 0 saturated heterocycles. The topological polar surface area (TPSA) is 54.0 Å². The van der Waals surface area contributed by atoms with Gasteiger partial charge < -0.3 is 35.5 Å². The van der Waals surface area contributed by atoms with Crippen LogP contribution in [-0.4, -0.2) is 38.5 Å². The molecule has 0 aliphatic rings. The van der Waals surface area contributed by atoms with Gasteiger partial charge in [0.15, 0.2) is 0 Å². The van der Waals surface area contributed by atoms with Crippen molar-refractivity contribution in [2.45, 2.75) is 144 Å². The Morgan fingerprint density at radius 1 is 0.366 bits per heavy atom. The largest absolute Gasteiger partial charge is 4.00 e. The zero-order chi connectivity index (χ0) is 49.8. The van der Waals surface area contributed by atoms with Gasteiger partial charge in [0.05, 0.1) is 0 Å². The molecule has 71 heavy (non-hydrogen) atoms. The maximum atomic E-state index is 5.06. The molecule has 372 valence electrons. The van der Waals surface area contributed by atoms with Gasteiger partial charge in [-0.25, -0.2) is 0 Å². The Balaban J connectivity index is 0.000000296. The van der Waals surface area contributed by atoms with Crippen LogP contribution in [0.1, 0.15) is 105 Å². The molecule has 0 amide bonds. The first kappa shape index (κ1) is 59.1. The molecule has 0 aliphatic heterocycles. The van der Waals surface area contributed by atoms with Crippen LogP contribution in [-0.2, 0) is 47.9 Å². The van der Waals surface area contributed by atoms with Gasteiger partial charge in [-0.3, -0.25) is 0 Å². The molecule has 0 aliphatic carbocycles. The van der Waals surface area contributed by atoms with E-state index in [9.17, 15) is 0 Å². The quantitative estimate of drug-likeness (QED) is 0.0865. The van der Waals surface area contributed by atoms with Crippen LogP contribution in [0.2, 0.25) is 39.3 Å². The Hall–Kier alpha value is -4.42. The maximum Gasteiger partial charge on any atom is 4.00 e. The molecule has 0 N–H and O–H groups in total. The molecule has 7 heteroatoms. The third-order valence-electron chi connectivity index (χ3n) is 12.8. The van der Waals surface area contributed by atoms with Gasteiger partial charge in [-0.05, 0) is 134 Å². The van der Waals surface area contributed by atoms with E-state index in [0.29, 0.717) is 0 Å². The first-order valence-corrected chi connectivity index (χ1v) is 32.2. The van der Waals surface area contributed by atoms with E-state index in [4.69, 9.17) is 20.6 Å². The summed E-state index contributed by atoms with van der Waals surface area (Å²) in [5.74, 6) is 1.67. The molecule has 0 bridgehead atoms. The van der Waals surface area contributed by atoms with E-state index in [1.807, 2.05) is 12.1 Å². The summed E-state index contributed by atoms with van der Waals surface area (Å²) < 4.78 is 0. The van der Waals surface area contributed by atoms with Crippen LogP contribution in [0.5, 0.6) is 0 Å². The molecule has 4 nitrogen and oxygen atoms in total. The molecule has 2 heterocycles. The van der Waals surface area contributed by atoms with Gasteiger partial charge in [0.2, 0.25) is 0 Å². The van der Waals surface area contributed by atoms with E-state index in [1.165, 1.54) is 76.5 Å². The minimum atomic E-state index is -1.28. The number of nitrogens with zero attached hydrogens (tertiary/aromatic N) is 4. The molecule has 8 aromatic rings. The van der Waals surface area contributed by atoms with Gasteiger partial charge in [-0.2, -0.15) is 0 Å². The molecular weight excluding hydrogens is 972 g/mol. The molecule has 0 fully saturated rings. The molecule has 8 rings (SSSR count). The number of rotatable bonds is 8. The smallest absolute Gasteiger partial charge is 0.468 e. The van der Waals surface area contributed by atoms with Crippen molar-refractivity contribution in [3.05, 3.63) is 169 Å². The minimum Gasteiger partial charge on any atom is -0.468 e. The van der Waals surface area contributed by atoms with E-state index in [-0.39, 0.29) is 62.7 Å². The molecule has 6 aromatic carbocycles. The van der Waals surface area contributed by atoms with Crippen molar-refractivity contribution in [3.8, 4) is 22.5 Å². The Morgan fingerprint density at radius 2 is 0.676 bits per heavy atom. The average molecular weight is 1060 g/mol. The summed E-state index contributed by atoms with van der Waals surface area (Å²) in [4.78, 5) is 10.1. The maximum absolute atomic E-state index is 5.06. The van der Waals surface area contributed by atoms with E-state index < -0.39 is 16.1 Å². The SMILES string of the molecule is CC(C)(C)c1ccc2c(-c3cccc([N-]C[Si](C)(C)C)n3)c3cc(C(C)(C)C)ccc3cc2c1.CC(C)(C)c1ccc2c(-c3cccc([N-]C[Si](C)(C)C)n3)c3cc(C(C)(C)C)ccc3cc2c1.[CH3-].[CH3-].[Zr+4]. The third-order valence-corrected chi connectivity index (χ3v) is 15.0. The Labute approximate surface area is 451 Å². The van der Waals surface area contributed by atoms with Crippen molar-refractivity contribution >= 4 is 70.9 Å². The molecule has 0 atom stereocenters. The summed E-state index contributed by atoms with van der Waals surface area (Å²) in [6.07, 6.45) is 1.78. The van der Waals surface area contributed by atoms with Gasteiger partial charge in [0.1, 0.15) is 0 Å². The van der Waals surface area contributed by atoms with Crippen molar-refractivity contribution in [1.82, 2.24) is 9.97 Å². The number of hydrogen-bond acceptors (Lipinski definition) is 2. The second-order valence-electron chi connectivity index (χ2n) is 25.8. The predicted molar refractivity (Wildman–Crippen MR) is 319 cm³/mol. The second kappa shape index (κ2) is 22.0. The summed E-state index contributed by atoms with van der Waals surface area (Å²) >= 11 is 0. The number of pyridine rings is 2. The molecule has 0 unspecified atom stereocenters. The van der Waals surface area contributed by atoms with Gasteiger partial charge in [-0.15, -0.1) is 0 Å². The van der Waals surface area contributed by atoms with Crippen LogP contribution in [0.3, 0.4) is 0 Å². The number of aromatic nitrogens is 2. The monoisotopic (exact) mass is 1050 g/mol. The van der Waals surface area contributed by atoms with Crippen LogP contribution >= 0.6 is 0 Å². The Kier molecular flexibility index (Phi) is 18.3. The minimum absolute atomic E-state index is 0. The van der Waals surface area contributed by atoms with Crippen molar-refractivity contribution in [3.63, 3.8) is 0 Å². The van der Waals surface area contributed by atoms with Crippen LogP contribution in [0.25, 0.3) is 76.2 Å². The number of fused-ring (bicyclic) bond motifs is 4. The van der Waals surface area contributed by atoms with Gasteiger partial charge in [0, 0.05) is 16.1 Å². The first-order valence-electron chi connectivity index (χ1n) is 24.8. The summed E-state index contributed by atoms with van der Waals surface area (Å²) in [6.45, 7) is 41.4. The van der Waals surface area contributed by atoms with Crippen molar-refractivity contribution in [1.29, 1.82) is 0 Å².